The van der Waals surface area contributed by atoms with Gasteiger partial charge in [-0.15, -0.1) is 5.10 Å². The molecule has 0 radical (unpaired) electrons. The van der Waals surface area contributed by atoms with E-state index in [1.807, 2.05) is 61.5 Å². The molecular formula is C42H54N6O10. The maximum atomic E-state index is 11.4. The highest BCUT2D eigenvalue weighted by Gasteiger charge is 2.24. The van der Waals surface area contributed by atoms with Gasteiger partial charge in [-0.25, -0.2) is 14.3 Å². The van der Waals surface area contributed by atoms with Crippen LogP contribution in [0.4, 0.5) is 10.6 Å². The minimum absolute atomic E-state index is 0.0432. The first-order valence-corrected chi connectivity index (χ1v) is 19.2. The zero-order valence-electron chi connectivity index (χ0n) is 34.3. The predicted octanol–water partition coefficient (Wildman–Crippen LogP) is 6.02. The lowest BCUT2D eigenvalue weighted by Gasteiger charge is -2.27. The van der Waals surface area contributed by atoms with E-state index in [0.29, 0.717) is 84.9 Å². The third-order valence-corrected chi connectivity index (χ3v) is 9.28. The summed E-state index contributed by atoms with van der Waals surface area (Å²) in [5, 5.41) is 17.4. The van der Waals surface area contributed by atoms with Gasteiger partial charge in [0.25, 0.3) is 0 Å². The van der Waals surface area contributed by atoms with Gasteiger partial charge in [-0.3, -0.25) is 0 Å². The van der Waals surface area contributed by atoms with Crippen LogP contribution in [0.5, 0.6) is 40.5 Å². The molecular weight excluding hydrogens is 748 g/mol. The molecule has 0 fully saturated rings. The molecule has 58 heavy (non-hydrogen) atoms. The van der Waals surface area contributed by atoms with E-state index in [0.717, 1.165) is 28.8 Å². The van der Waals surface area contributed by atoms with Gasteiger partial charge in [-0.05, 0) is 43.7 Å². The molecule has 0 aliphatic heterocycles. The van der Waals surface area contributed by atoms with E-state index >= 15 is 0 Å². The number of benzene rings is 3. The number of rotatable bonds is 23. The first-order chi connectivity index (χ1) is 28.3. The number of imidazole rings is 1. The second kappa shape index (κ2) is 21.4. The standard InChI is InChI=1S/C42H54N6O10/c1-8-10-32(17-19-49)58-41-45-40(47(26-29-12-14-33(51-3)22-36(29)53-5)27-30-13-15-34(52-4)23-37(30)54-6)39-44-25-31(48(39)46-41)21-28-11-16-35(24-38(28)56-9-2)57-20-18-43-42(50)55-7/h11-16,22-25,32,49H,8-10,17-21,26-27H2,1-7H3,(H,43,50). The number of carbonyl (C=O) groups is 1. The molecule has 1 unspecified atom stereocenters. The van der Waals surface area contributed by atoms with Crippen LogP contribution in [0.25, 0.3) is 5.65 Å². The average molecular weight is 803 g/mol. The van der Waals surface area contributed by atoms with E-state index in [9.17, 15) is 9.90 Å². The number of hydrogen-bond acceptors (Lipinski definition) is 14. The highest BCUT2D eigenvalue weighted by Crippen LogP contribution is 2.34. The second-order valence-electron chi connectivity index (χ2n) is 13.1. The number of alkyl carbamates (subject to hydrolysis) is 1. The zero-order chi connectivity index (χ0) is 41.4. The van der Waals surface area contributed by atoms with E-state index in [4.69, 9.17) is 48.2 Å². The summed E-state index contributed by atoms with van der Waals surface area (Å²) >= 11 is 0. The Bertz CT molecular complexity index is 2030. The van der Waals surface area contributed by atoms with Gasteiger partial charge in [0.1, 0.15) is 47.2 Å². The topological polar surface area (TPSA) is 169 Å². The Morgan fingerprint density at radius 1 is 0.810 bits per heavy atom. The van der Waals surface area contributed by atoms with E-state index in [1.54, 1.807) is 39.2 Å². The van der Waals surface area contributed by atoms with Crippen molar-refractivity contribution in [1.82, 2.24) is 24.9 Å². The molecule has 3 aromatic carbocycles. The number of amides is 1. The van der Waals surface area contributed by atoms with Crippen molar-refractivity contribution in [2.45, 2.75) is 58.7 Å². The van der Waals surface area contributed by atoms with Crippen LogP contribution in [-0.4, -0.2) is 98.8 Å². The van der Waals surface area contributed by atoms with Gasteiger partial charge in [0, 0.05) is 67.4 Å². The van der Waals surface area contributed by atoms with E-state index in [-0.39, 0.29) is 31.9 Å². The number of nitrogens with one attached hydrogen (secondary N) is 1. The molecule has 0 saturated carbocycles. The Labute approximate surface area is 338 Å². The number of nitrogens with zero attached hydrogens (tertiary/aromatic N) is 5. The molecule has 312 valence electrons. The molecule has 1 atom stereocenters. The van der Waals surface area contributed by atoms with Crippen LogP contribution in [0.2, 0.25) is 0 Å². The van der Waals surface area contributed by atoms with Gasteiger partial charge < -0.3 is 53.2 Å². The molecule has 0 bridgehead atoms. The summed E-state index contributed by atoms with van der Waals surface area (Å²) < 4.78 is 47.4. The highest BCUT2D eigenvalue weighted by atomic mass is 16.5. The van der Waals surface area contributed by atoms with E-state index in [2.05, 4.69) is 21.9 Å². The number of methoxy groups -OCH3 is 5. The van der Waals surface area contributed by atoms with Crippen molar-refractivity contribution >= 4 is 17.6 Å². The fraction of sp³-hybridized carbons (Fsp3) is 0.429. The highest BCUT2D eigenvalue weighted by molar-refractivity contribution is 5.67. The summed E-state index contributed by atoms with van der Waals surface area (Å²) in [4.78, 5) is 23.4. The minimum atomic E-state index is -0.527. The largest absolute Gasteiger partial charge is 0.497 e. The number of hydrogen-bond donors (Lipinski definition) is 2. The Kier molecular flexibility index (Phi) is 15.8. The Balaban J connectivity index is 1.61. The van der Waals surface area contributed by atoms with Crippen LogP contribution in [-0.2, 0) is 24.2 Å². The summed E-state index contributed by atoms with van der Waals surface area (Å²) in [6, 6.07) is 17.1. The predicted molar refractivity (Wildman–Crippen MR) is 217 cm³/mol. The first-order valence-electron chi connectivity index (χ1n) is 19.2. The van der Waals surface area contributed by atoms with Crippen LogP contribution in [0, 0.1) is 0 Å². The zero-order valence-corrected chi connectivity index (χ0v) is 34.3. The van der Waals surface area contributed by atoms with Crippen LogP contribution in [0.15, 0.2) is 60.8 Å². The van der Waals surface area contributed by atoms with Crippen LogP contribution in [0.3, 0.4) is 0 Å². The van der Waals surface area contributed by atoms with E-state index < -0.39 is 6.09 Å². The molecule has 1 amide bonds. The molecule has 5 rings (SSSR count). The van der Waals surface area contributed by atoms with Crippen LogP contribution >= 0.6 is 0 Å². The van der Waals surface area contributed by atoms with E-state index in [1.165, 1.54) is 7.11 Å². The van der Waals surface area contributed by atoms with Crippen LogP contribution in [0.1, 0.15) is 55.5 Å². The number of aliphatic hydroxyl groups excluding tert-OH is 1. The number of carbonyl (C=O) groups excluding carboxylic acids is 1. The molecule has 0 aliphatic rings. The van der Waals surface area contributed by atoms with Gasteiger partial charge >= 0.3 is 12.1 Å². The van der Waals surface area contributed by atoms with Crippen molar-refractivity contribution in [2.24, 2.45) is 0 Å². The number of aliphatic hydroxyl groups is 1. The third kappa shape index (κ3) is 11.0. The molecule has 0 aliphatic carbocycles. The summed E-state index contributed by atoms with van der Waals surface area (Å²) in [5.41, 5.74) is 3.86. The smallest absolute Gasteiger partial charge is 0.406 e. The molecule has 5 aromatic rings. The summed E-state index contributed by atoms with van der Waals surface area (Å²) in [6.45, 7) is 5.57. The molecule has 2 aromatic heterocycles. The fourth-order valence-electron chi connectivity index (χ4n) is 6.39. The molecule has 2 heterocycles. The lowest BCUT2D eigenvalue weighted by molar-refractivity contribution is 0.133. The number of anilines is 1. The maximum absolute atomic E-state index is 11.4. The van der Waals surface area contributed by atoms with Gasteiger partial charge in [0.15, 0.2) is 11.5 Å². The lowest BCUT2D eigenvalue weighted by atomic mass is 10.1. The number of fused-ring (bicyclic) bond motifs is 1. The Hall–Kier alpha value is -6.16. The molecule has 16 nitrogen and oxygen atoms in total. The SMILES string of the molecule is CCCC(CCO)Oc1nc(N(Cc2ccc(OC)cc2OC)Cc2ccc(OC)cc2OC)c2ncc(Cc3ccc(OCCNC(=O)OC)cc3OCC)n2n1. The van der Waals surface area contributed by atoms with Gasteiger partial charge in [-0.1, -0.05) is 19.4 Å². The molecule has 0 spiro atoms. The van der Waals surface area contributed by atoms with Gasteiger partial charge in [-0.2, -0.15) is 4.98 Å². The average Bonchev–Trinajstić information content (AvgIpc) is 3.65. The normalized spacial score (nSPS) is 11.4. The maximum Gasteiger partial charge on any atom is 0.406 e. The summed E-state index contributed by atoms with van der Waals surface area (Å²) in [5.74, 6) is 4.31. The van der Waals surface area contributed by atoms with Crippen LogP contribution < -0.4 is 43.4 Å². The number of aromatic nitrogens is 4. The first kappa shape index (κ1) is 43.0. The molecule has 2 N–H and O–H groups in total. The molecule has 16 heteroatoms. The van der Waals surface area contributed by atoms with Gasteiger partial charge in [0.05, 0.1) is 60.6 Å². The van der Waals surface area contributed by atoms with Crippen molar-refractivity contribution < 1.29 is 47.8 Å². The third-order valence-electron chi connectivity index (χ3n) is 9.28. The lowest BCUT2D eigenvalue weighted by Crippen LogP contribution is -2.27. The van der Waals surface area contributed by atoms with Crippen molar-refractivity contribution in [3.8, 4) is 40.5 Å². The fourth-order valence-corrected chi connectivity index (χ4v) is 6.39. The quantitative estimate of drug-likeness (QED) is 0.0736. The molecule has 0 saturated heterocycles. The second-order valence-corrected chi connectivity index (χ2v) is 13.1. The monoisotopic (exact) mass is 802 g/mol. The Morgan fingerprint density at radius 3 is 2.03 bits per heavy atom. The van der Waals surface area contributed by atoms with Crippen molar-refractivity contribution in [2.75, 3.05) is 66.8 Å². The number of ether oxygens (including phenoxy) is 8. The van der Waals surface area contributed by atoms with Crippen molar-refractivity contribution in [1.29, 1.82) is 0 Å². The van der Waals surface area contributed by atoms with Crippen molar-refractivity contribution in [3.63, 3.8) is 0 Å². The summed E-state index contributed by atoms with van der Waals surface area (Å²) in [6.07, 6.45) is 3.29. The van der Waals surface area contributed by atoms with Crippen molar-refractivity contribution in [3.05, 3.63) is 83.2 Å². The Morgan fingerprint density at radius 2 is 1.45 bits per heavy atom. The van der Waals surface area contributed by atoms with Gasteiger partial charge in [0.2, 0.25) is 0 Å². The minimum Gasteiger partial charge on any atom is -0.497 e. The summed E-state index contributed by atoms with van der Waals surface area (Å²) in [7, 11) is 7.78.